The summed E-state index contributed by atoms with van der Waals surface area (Å²) in [5.41, 5.74) is 8.23. The van der Waals surface area contributed by atoms with Crippen molar-refractivity contribution in [1.29, 1.82) is 0 Å². The van der Waals surface area contributed by atoms with E-state index in [-0.39, 0.29) is 11.8 Å². The average molecular weight is 427 g/mol. The topological polar surface area (TPSA) is 81.9 Å². The third-order valence-electron chi connectivity index (χ3n) is 5.23. The largest absolute Gasteiger partial charge is 0.493 e. The number of carbonyl (C=O) groups excluding carboxylic acids is 2. The van der Waals surface area contributed by atoms with Gasteiger partial charge in [-0.25, -0.2) is 4.79 Å². The molecule has 6 nitrogen and oxygen atoms in total. The average Bonchev–Trinajstić information content (AvgIpc) is 2.73. The zero-order valence-corrected chi connectivity index (χ0v) is 19.0. The fraction of sp³-hybridized carbons (Fsp3) is 0.440. The van der Waals surface area contributed by atoms with Gasteiger partial charge >= 0.3 is 6.03 Å². The summed E-state index contributed by atoms with van der Waals surface area (Å²) in [7, 11) is 0. The maximum absolute atomic E-state index is 12.2. The van der Waals surface area contributed by atoms with Crippen LogP contribution in [0.1, 0.15) is 68.1 Å². The highest BCUT2D eigenvalue weighted by atomic mass is 16.5. The monoisotopic (exact) mass is 426 g/mol. The molecule has 0 fully saturated rings. The van der Waals surface area contributed by atoms with E-state index in [4.69, 9.17) is 15.2 Å². The lowest BCUT2D eigenvalue weighted by Crippen LogP contribution is -2.38. The lowest BCUT2D eigenvalue weighted by molar-refractivity contribution is 0.101. The van der Waals surface area contributed by atoms with Crippen molar-refractivity contribution in [3.63, 3.8) is 0 Å². The van der Waals surface area contributed by atoms with E-state index in [9.17, 15) is 9.59 Å². The summed E-state index contributed by atoms with van der Waals surface area (Å²) in [5, 5.41) is 0. The van der Waals surface area contributed by atoms with E-state index < -0.39 is 6.03 Å². The van der Waals surface area contributed by atoms with E-state index in [1.54, 1.807) is 4.90 Å². The fourth-order valence-electron chi connectivity index (χ4n) is 3.67. The molecular weight excluding hydrogens is 392 g/mol. The molecule has 168 valence electrons. The summed E-state index contributed by atoms with van der Waals surface area (Å²) >= 11 is 0. The molecule has 0 heterocycles. The molecular formula is C25H34N2O4. The molecule has 0 aliphatic carbocycles. The Kier molecular flexibility index (Phi) is 9.38. The van der Waals surface area contributed by atoms with Gasteiger partial charge in [-0.15, -0.1) is 0 Å². The van der Waals surface area contributed by atoms with Crippen LogP contribution in [0.15, 0.2) is 42.5 Å². The maximum Gasteiger partial charge on any atom is 0.315 e. The second-order valence-corrected chi connectivity index (χ2v) is 7.46. The summed E-state index contributed by atoms with van der Waals surface area (Å²) in [6, 6.07) is 13.1. The van der Waals surface area contributed by atoms with Crippen molar-refractivity contribution in [3.05, 3.63) is 59.2 Å². The van der Waals surface area contributed by atoms with E-state index in [1.807, 2.05) is 51.1 Å². The number of benzene rings is 2. The number of hydrogen-bond donors (Lipinski definition) is 1. The molecule has 2 rings (SSSR count). The number of ether oxygens (including phenoxy) is 2. The lowest BCUT2D eigenvalue weighted by Gasteiger charge is -2.29. The Morgan fingerprint density at radius 3 is 2.06 bits per heavy atom. The van der Waals surface area contributed by atoms with Gasteiger partial charge < -0.3 is 20.1 Å². The molecule has 0 saturated heterocycles. The molecule has 0 aliphatic heterocycles. The zero-order chi connectivity index (χ0) is 22.8. The molecule has 2 aromatic rings. The number of aryl methyl sites for hydroxylation is 1. The molecule has 2 amide bonds. The van der Waals surface area contributed by atoms with Crippen LogP contribution in [0.5, 0.6) is 11.5 Å². The molecule has 1 unspecified atom stereocenters. The van der Waals surface area contributed by atoms with E-state index in [1.165, 1.54) is 12.5 Å². The van der Waals surface area contributed by atoms with E-state index in [0.29, 0.717) is 36.8 Å². The van der Waals surface area contributed by atoms with Crippen molar-refractivity contribution in [1.82, 2.24) is 4.90 Å². The van der Waals surface area contributed by atoms with Gasteiger partial charge in [0.15, 0.2) is 5.78 Å². The van der Waals surface area contributed by atoms with Crippen LogP contribution in [0.2, 0.25) is 0 Å². The lowest BCUT2D eigenvalue weighted by atomic mass is 10.00. The van der Waals surface area contributed by atoms with E-state index >= 15 is 0 Å². The molecule has 6 heteroatoms. The highest BCUT2D eigenvalue weighted by molar-refractivity contribution is 5.99. The van der Waals surface area contributed by atoms with E-state index in [0.717, 1.165) is 24.8 Å². The van der Waals surface area contributed by atoms with Gasteiger partial charge in [-0.2, -0.15) is 0 Å². The summed E-state index contributed by atoms with van der Waals surface area (Å²) in [4.78, 5) is 26.1. The minimum atomic E-state index is -0.473. The van der Waals surface area contributed by atoms with Crippen LogP contribution < -0.4 is 15.2 Å². The fourth-order valence-corrected chi connectivity index (χ4v) is 3.67. The normalized spacial score (nSPS) is 11.6. The van der Waals surface area contributed by atoms with E-state index in [2.05, 4.69) is 12.1 Å². The van der Waals surface area contributed by atoms with Crippen LogP contribution in [0, 0.1) is 0 Å². The van der Waals surface area contributed by atoms with Gasteiger partial charge in [0.25, 0.3) is 0 Å². The molecule has 2 N–H and O–H groups in total. The number of unbranched alkanes of at least 4 members (excludes halogenated alkanes) is 1. The quantitative estimate of drug-likeness (QED) is 0.376. The highest BCUT2D eigenvalue weighted by Gasteiger charge is 2.24. The zero-order valence-electron chi connectivity index (χ0n) is 19.0. The standard InChI is InChI=1S/C25H34N2O4/c1-5-30-22-16-21(17-23(31-6-2)24(22)19(4)28)18(3)27(25(26)29)15-11-10-14-20-12-8-7-9-13-20/h7-9,12-13,16-18H,5-6,10-11,14-15H2,1-4H3,(H2,26,29). The Labute approximate surface area is 185 Å². The number of carbonyl (C=O) groups is 2. The maximum atomic E-state index is 12.2. The summed E-state index contributed by atoms with van der Waals surface area (Å²) < 4.78 is 11.5. The van der Waals surface area contributed by atoms with Crippen LogP contribution in [-0.2, 0) is 6.42 Å². The number of amides is 2. The first-order valence-electron chi connectivity index (χ1n) is 10.9. The third kappa shape index (κ3) is 6.74. The Morgan fingerprint density at radius 2 is 1.58 bits per heavy atom. The van der Waals surface area contributed by atoms with Crippen molar-refractivity contribution >= 4 is 11.8 Å². The van der Waals surface area contributed by atoms with Crippen LogP contribution in [0.3, 0.4) is 0 Å². The first kappa shape index (κ1) is 24.3. The number of nitrogens with two attached hydrogens (primary N) is 1. The number of urea groups is 1. The molecule has 0 radical (unpaired) electrons. The molecule has 1 atom stereocenters. The van der Waals surface area contributed by atoms with Crippen molar-refractivity contribution in [2.45, 2.75) is 53.0 Å². The van der Waals surface area contributed by atoms with Gasteiger partial charge in [0.05, 0.1) is 19.3 Å². The SMILES string of the molecule is CCOc1cc(C(C)N(CCCCc2ccccc2)C(N)=O)cc(OCC)c1C(C)=O. The molecule has 0 aliphatic rings. The minimum Gasteiger partial charge on any atom is -0.493 e. The molecule has 0 saturated carbocycles. The number of hydrogen-bond acceptors (Lipinski definition) is 4. The Morgan fingerprint density at radius 1 is 1.00 bits per heavy atom. The van der Waals surface area contributed by atoms with Gasteiger partial charge in [0.2, 0.25) is 0 Å². The van der Waals surface area contributed by atoms with Gasteiger partial charge in [-0.05, 0) is 70.2 Å². The molecule has 0 spiro atoms. The number of rotatable bonds is 12. The van der Waals surface area contributed by atoms with Gasteiger partial charge in [0, 0.05) is 6.54 Å². The van der Waals surface area contributed by atoms with Gasteiger partial charge in [0.1, 0.15) is 17.1 Å². The van der Waals surface area contributed by atoms with Crippen molar-refractivity contribution < 1.29 is 19.1 Å². The molecule has 0 aromatic heterocycles. The number of ketones is 1. The Hall–Kier alpha value is -3.02. The number of primary amides is 1. The summed E-state index contributed by atoms with van der Waals surface area (Å²) in [6.07, 6.45) is 2.75. The predicted molar refractivity (Wildman–Crippen MR) is 123 cm³/mol. The second-order valence-electron chi connectivity index (χ2n) is 7.46. The Balaban J connectivity index is 2.20. The van der Waals surface area contributed by atoms with Crippen LogP contribution in [0.25, 0.3) is 0 Å². The first-order chi connectivity index (χ1) is 14.9. The highest BCUT2D eigenvalue weighted by Crippen LogP contribution is 2.35. The van der Waals surface area contributed by atoms with Gasteiger partial charge in [-0.1, -0.05) is 30.3 Å². The predicted octanol–water partition coefficient (Wildman–Crippen LogP) is 5.15. The minimum absolute atomic E-state index is 0.126. The Bertz CT molecular complexity index is 840. The molecule has 0 bridgehead atoms. The summed E-state index contributed by atoms with van der Waals surface area (Å²) in [6.45, 7) is 8.53. The summed E-state index contributed by atoms with van der Waals surface area (Å²) in [5.74, 6) is 0.811. The second kappa shape index (κ2) is 12.0. The van der Waals surface area contributed by atoms with Crippen LogP contribution >= 0.6 is 0 Å². The number of nitrogens with zero attached hydrogens (tertiary/aromatic N) is 1. The molecule has 31 heavy (non-hydrogen) atoms. The van der Waals surface area contributed by atoms with Crippen LogP contribution in [0.4, 0.5) is 4.79 Å². The molecule has 2 aromatic carbocycles. The van der Waals surface area contributed by atoms with Crippen LogP contribution in [-0.4, -0.2) is 36.5 Å². The number of Topliss-reactive ketones (excluding diaryl/α,β-unsaturated/α-hetero) is 1. The van der Waals surface area contributed by atoms with Crippen molar-refractivity contribution in [2.75, 3.05) is 19.8 Å². The van der Waals surface area contributed by atoms with Crippen molar-refractivity contribution in [2.24, 2.45) is 5.73 Å². The van der Waals surface area contributed by atoms with Crippen molar-refractivity contribution in [3.8, 4) is 11.5 Å². The smallest absolute Gasteiger partial charge is 0.315 e. The van der Waals surface area contributed by atoms with Gasteiger partial charge in [-0.3, -0.25) is 4.79 Å². The first-order valence-corrected chi connectivity index (χ1v) is 10.9. The third-order valence-corrected chi connectivity index (χ3v) is 5.23.